The van der Waals surface area contributed by atoms with Crippen molar-refractivity contribution in [3.63, 3.8) is 0 Å². The lowest BCUT2D eigenvalue weighted by Gasteiger charge is -2.13. The van der Waals surface area contributed by atoms with E-state index in [1.54, 1.807) is 11.3 Å². The zero-order valence-electron chi connectivity index (χ0n) is 10.3. The molecule has 0 amide bonds. The van der Waals surface area contributed by atoms with E-state index in [1.165, 1.54) is 0 Å². The third-order valence-electron chi connectivity index (χ3n) is 2.73. The highest BCUT2D eigenvalue weighted by molar-refractivity contribution is 7.10. The molecule has 4 heteroatoms. The third kappa shape index (κ3) is 1.94. The molecule has 2 heterocycles. The number of furan rings is 1. The molecule has 0 saturated heterocycles. The van der Waals surface area contributed by atoms with Crippen molar-refractivity contribution < 1.29 is 4.42 Å². The number of nitrogens with zero attached hydrogens (tertiary/aromatic N) is 1. The van der Waals surface area contributed by atoms with Gasteiger partial charge in [0.2, 0.25) is 0 Å². The predicted molar refractivity (Wildman–Crippen MR) is 74.5 cm³/mol. The van der Waals surface area contributed by atoms with E-state index in [2.05, 4.69) is 4.98 Å². The Hall–Kier alpha value is -1.65. The Morgan fingerprint density at radius 1 is 1.28 bits per heavy atom. The molecule has 92 valence electrons. The second-order valence-corrected chi connectivity index (χ2v) is 5.77. The van der Waals surface area contributed by atoms with Crippen LogP contribution in [0.1, 0.15) is 18.9 Å². The summed E-state index contributed by atoms with van der Waals surface area (Å²) in [7, 11) is 0. The van der Waals surface area contributed by atoms with Gasteiger partial charge in [0.05, 0.1) is 5.54 Å². The van der Waals surface area contributed by atoms with Gasteiger partial charge in [-0.25, -0.2) is 4.98 Å². The molecule has 0 saturated carbocycles. The van der Waals surface area contributed by atoms with E-state index in [-0.39, 0.29) is 0 Å². The maximum Gasteiger partial charge on any atom is 0.154 e. The molecule has 18 heavy (non-hydrogen) atoms. The second kappa shape index (κ2) is 3.93. The Bertz CT molecular complexity index is 658. The Morgan fingerprint density at radius 2 is 2.06 bits per heavy atom. The van der Waals surface area contributed by atoms with Crippen LogP contribution in [0, 0.1) is 0 Å². The fraction of sp³-hybridized carbons (Fsp3) is 0.214. The van der Waals surface area contributed by atoms with Crippen molar-refractivity contribution in [1.29, 1.82) is 0 Å². The highest BCUT2D eigenvalue weighted by Gasteiger charge is 2.20. The summed E-state index contributed by atoms with van der Waals surface area (Å²) in [6.45, 7) is 3.91. The average molecular weight is 258 g/mol. The van der Waals surface area contributed by atoms with E-state index in [9.17, 15) is 0 Å². The minimum Gasteiger partial charge on any atom is -0.454 e. The van der Waals surface area contributed by atoms with Gasteiger partial charge in [-0.3, -0.25) is 0 Å². The average Bonchev–Trinajstić information content (AvgIpc) is 2.94. The van der Waals surface area contributed by atoms with Crippen molar-refractivity contribution in [3.8, 4) is 11.5 Å². The van der Waals surface area contributed by atoms with Gasteiger partial charge in [0.15, 0.2) is 5.76 Å². The number of fused-ring (bicyclic) bond motifs is 1. The van der Waals surface area contributed by atoms with E-state index >= 15 is 0 Å². The highest BCUT2D eigenvalue weighted by Crippen LogP contribution is 2.30. The van der Waals surface area contributed by atoms with Crippen LogP contribution in [0.2, 0.25) is 0 Å². The third-order valence-corrected chi connectivity index (χ3v) is 3.92. The number of thiazole rings is 1. The van der Waals surface area contributed by atoms with E-state index < -0.39 is 5.54 Å². The Kier molecular flexibility index (Phi) is 2.50. The standard InChI is InChI=1S/C14H14N2OS/c1-14(2,15)13-16-10(8-18-13)12-7-9-5-3-4-6-11(9)17-12/h3-8H,15H2,1-2H3. The van der Waals surface area contributed by atoms with Crippen molar-refractivity contribution in [3.05, 3.63) is 40.7 Å². The van der Waals surface area contributed by atoms with Gasteiger partial charge in [-0.05, 0) is 26.0 Å². The van der Waals surface area contributed by atoms with Crippen molar-refractivity contribution in [2.45, 2.75) is 19.4 Å². The molecule has 3 nitrogen and oxygen atoms in total. The molecule has 2 aromatic heterocycles. The van der Waals surface area contributed by atoms with Crippen LogP contribution in [0.15, 0.2) is 40.1 Å². The lowest BCUT2D eigenvalue weighted by molar-refractivity contribution is 0.549. The summed E-state index contributed by atoms with van der Waals surface area (Å²) in [5, 5.41) is 3.99. The molecular weight excluding hydrogens is 244 g/mol. The lowest BCUT2D eigenvalue weighted by Crippen LogP contribution is -2.28. The Morgan fingerprint density at radius 3 is 2.72 bits per heavy atom. The molecule has 1 aromatic carbocycles. The molecule has 0 unspecified atom stereocenters. The van der Waals surface area contributed by atoms with Crippen LogP contribution in [-0.2, 0) is 5.54 Å². The van der Waals surface area contributed by atoms with Crippen LogP contribution in [0.4, 0.5) is 0 Å². The quantitative estimate of drug-likeness (QED) is 0.761. The van der Waals surface area contributed by atoms with Gasteiger partial charge >= 0.3 is 0 Å². The van der Waals surface area contributed by atoms with Crippen LogP contribution >= 0.6 is 11.3 Å². The Balaban J connectivity index is 2.06. The SMILES string of the molecule is CC(C)(N)c1nc(-c2cc3ccccc3o2)cs1. The lowest BCUT2D eigenvalue weighted by atomic mass is 10.1. The highest BCUT2D eigenvalue weighted by atomic mass is 32.1. The fourth-order valence-electron chi connectivity index (χ4n) is 1.79. The number of hydrogen-bond donors (Lipinski definition) is 1. The van der Waals surface area contributed by atoms with E-state index in [1.807, 2.05) is 49.6 Å². The number of rotatable bonds is 2. The number of hydrogen-bond acceptors (Lipinski definition) is 4. The molecule has 0 atom stereocenters. The first-order valence-corrected chi connectivity index (χ1v) is 6.66. The van der Waals surface area contributed by atoms with Crippen LogP contribution in [0.3, 0.4) is 0 Å². The first kappa shape index (κ1) is 11.4. The molecule has 3 rings (SSSR count). The summed E-state index contributed by atoms with van der Waals surface area (Å²) < 4.78 is 5.78. The maximum atomic E-state index is 6.04. The normalized spacial score (nSPS) is 12.2. The van der Waals surface area contributed by atoms with Crippen LogP contribution in [-0.4, -0.2) is 4.98 Å². The van der Waals surface area contributed by atoms with E-state index in [4.69, 9.17) is 10.2 Å². The first-order valence-electron chi connectivity index (χ1n) is 5.78. The molecule has 3 aromatic rings. The van der Waals surface area contributed by atoms with Gasteiger partial charge in [-0.1, -0.05) is 18.2 Å². The van der Waals surface area contributed by atoms with Crippen LogP contribution in [0.5, 0.6) is 0 Å². The number of aromatic nitrogens is 1. The summed E-state index contributed by atoms with van der Waals surface area (Å²) in [5.41, 5.74) is 7.37. The van der Waals surface area contributed by atoms with Crippen LogP contribution < -0.4 is 5.73 Å². The van der Waals surface area contributed by atoms with Gasteiger partial charge in [0.25, 0.3) is 0 Å². The zero-order chi connectivity index (χ0) is 12.8. The van der Waals surface area contributed by atoms with Crippen LogP contribution in [0.25, 0.3) is 22.4 Å². The van der Waals surface area contributed by atoms with Crippen molar-refractivity contribution in [1.82, 2.24) is 4.98 Å². The largest absolute Gasteiger partial charge is 0.454 e. The molecule has 0 aliphatic heterocycles. The maximum absolute atomic E-state index is 6.04. The van der Waals surface area contributed by atoms with Crippen molar-refractivity contribution in [2.75, 3.05) is 0 Å². The summed E-state index contributed by atoms with van der Waals surface area (Å²) in [6, 6.07) is 9.96. The van der Waals surface area contributed by atoms with Gasteiger partial charge in [-0.15, -0.1) is 11.3 Å². The molecule has 0 spiro atoms. The summed E-state index contributed by atoms with van der Waals surface area (Å²) in [5.74, 6) is 0.794. The van der Waals surface area contributed by atoms with Gasteiger partial charge in [0.1, 0.15) is 16.3 Å². The zero-order valence-corrected chi connectivity index (χ0v) is 11.1. The summed E-state index contributed by atoms with van der Waals surface area (Å²) in [6.07, 6.45) is 0. The number of benzene rings is 1. The molecule has 0 bridgehead atoms. The summed E-state index contributed by atoms with van der Waals surface area (Å²) >= 11 is 1.57. The van der Waals surface area contributed by atoms with Crippen molar-refractivity contribution in [2.24, 2.45) is 5.73 Å². The number of para-hydroxylation sites is 1. The molecule has 2 N–H and O–H groups in total. The molecule has 0 fully saturated rings. The van der Waals surface area contributed by atoms with E-state index in [0.29, 0.717) is 0 Å². The Labute approximate surface area is 109 Å². The number of nitrogens with two attached hydrogens (primary N) is 1. The molecule has 0 aliphatic carbocycles. The minimum absolute atomic E-state index is 0.408. The fourth-order valence-corrected chi connectivity index (χ4v) is 2.64. The molecular formula is C14H14N2OS. The monoisotopic (exact) mass is 258 g/mol. The topological polar surface area (TPSA) is 52.0 Å². The predicted octanol–water partition coefficient (Wildman–Crippen LogP) is 3.75. The second-order valence-electron chi connectivity index (χ2n) is 4.91. The molecule has 0 aliphatic rings. The first-order chi connectivity index (χ1) is 8.54. The van der Waals surface area contributed by atoms with Gasteiger partial charge in [-0.2, -0.15) is 0 Å². The smallest absolute Gasteiger partial charge is 0.154 e. The van der Waals surface area contributed by atoms with E-state index in [0.717, 1.165) is 27.4 Å². The van der Waals surface area contributed by atoms with Gasteiger partial charge in [0, 0.05) is 10.8 Å². The summed E-state index contributed by atoms with van der Waals surface area (Å²) in [4.78, 5) is 4.55. The minimum atomic E-state index is -0.408. The van der Waals surface area contributed by atoms with Crippen molar-refractivity contribution >= 4 is 22.3 Å². The van der Waals surface area contributed by atoms with Gasteiger partial charge < -0.3 is 10.2 Å². The molecule has 0 radical (unpaired) electrons.